The van der Waals surface area contributed by atoms with Crippen molar-refractivity contribution in [2.75, 3.05) is 17.1 Å². The molecule has 0 saturated heterocycles. The van der Waals surface area contributed by atoms with Gasteiger partial charge in [-0.1, -0.05) is 77.8 Å². The molecule has 1 amide bonds. The van der Waals surface area contributed by atoms with Gasteiger partial charge in [-0.3, -0.25) is 9.10 Å². The van der Waals surface area contributed by atoms with E-state index in [-0.39, 0.29) is 6.54 Å². The predicted octanol–water partition coefficient (Wildman–Crippen LogP) is 4.63. The molecule has 0 unspecified atom stereocenters. The van der Waals surface area contributed by atoms with Crippen LogP contribution in [-0.2, 0) is 14.8 Å². The third-order valence-electron chi connectivity index (χ3n) is 4.98. The largest absolute Gasteiger partial charge is 0.344 e. The van der Waals surface area contributed by atoms with Crippen LogP contribution in [-0.4, -0.2) is 27.1 Å². The number of rotatable bonds is 7. The Morgan fingerprint density at radius 3 is 2.19 bits per heavy atom. The molecular formula is C24H25ClN2O3S. The Kier molecular flexibility index (Phi) is 7.03. The molecule has 0 saturated carbocycles. The van der Waals surface area contributed by atoms with Crippen LogP contribution in [0.1, 0.15) is 28.3 Å². The Hall–Kier alpha value is -2.83. The minimum absolute atomic E-state index is 0.352. The van der Waals surface area contributed by atoms with E-state index in [9.17, 15) is 13.2 Å². The number of carbonyl (C=O) groups excluding carboxylic acids is 1. The minimum atomic E-state index is -3.71. The van der Waals surface area contributed by atoms with Gasteiger partial charge in [0.2, 0.25) is 15.9 Å². The number of carbonyl (C=O) groups is 1. The summed E-state index contributed by atoms with van der Waals surface area (Å²) in [7, 11) is -3.71. The highest BCUT2D eigenvalue weighted by atomic mass is 35.5. The van der Waals surface area contributed by atoms with Crippen molar-refractivity contribution in [2.24, 2.45) is 0 Å². The van der Waals surface area contributed by atoms with E-state index in [2.05, 4.69) is 5.32 Å². The lowest BCUT2D eigenvalue weighted by atomic mass is 9.98. The highest BCUT2D eigenvalue weighted by molar-refractivity contribution is 7.92. The number of amides is 1. The summed E-state index contributed by atoms with van der Waals surface area (Å²) in [5.74, 6) is -0.417. The Morgan fingerprint density at radius 1 is 0.968 bits per heavy atom. The van der Waals surface area contributed by atoms with Crippen LogP contribution < -0.4 is 9.62 Å². The maximum atomic E-state index is 13.0. The second kappa shape index (κ2) is 9.54. The van der Waals surface area contributed by atoms with Crippen LogP contribution in [0.15, 0.2) is 72.8 Å². The molecule has 0 bridgehead atoms. The fourth-order valence-electron chi connectivity index (χ4n) is 3.33. The van der Waals surface area contributed by atoms with Gasteiger partial charge in [0.1, 0.15) is 6.54 Å². The first-order valence-electron chi connectivity index (χ1n) is 9.80. The zero-order chi connectivity index (χ0) is 22.6. The maximum Gasteiger partial charge on any atom is 0.241 e. The van der Waals surface area contributed by atoms with Gasteiger partial charge in [-0.2, -0.15) is 0 Å². The van der Waals surface area contributed by atoms with Crippen LogP contribution in [0, 0.1) is 13.8 Å². The minimum Gasteiger partial charge on any atom is -0.344 e. The summed E-state index contributed by atoms with van der Waals surface area (Å²) in [4.78, 5) is 13.0. The number of hydrogen-bond acceptors (Lipinski definition) is 3. The van der Waals surface area contributed by atoms with Gasteiger partial charge in [0.05, 0.1) is 18.0 Å². The normalized spacial score (nSPS) is 12.3. The molecule has 0 aliphatic carbocycles. The third kappa shape index (κ3) is 5.87. The number of halogens is 1. The van der Waals surface area contributed by atoms with Crippen LogP contribution in [0.3, 0.4) is 0 Å². The van der Waals surface area contributed by atoms with E-state index < -0.39 is 22.0 Å². The highest BCUT2D eigenvalue weighted by Crippen LogP contribution is 2.27. The molecule has 3 aromatic carbocycles. The van der Waals surface area contributed by atoms with Crippen molar-refractivity contribution < 1.29 is 13.2 Å². The number of hydrogen-bond donors (Lipinski definition) is 1. The van der Waals surface area contributed by atoms with Gasteiger partial charge in [-0.25, -0.2) is 8.42 Å². The summed E-state index contributed by atoms with van der Waals surface area (Å²) in [6, 6.07) is 22.0. The van der Waals surface area contributed by atoms with Gasteiger partial charge >= 0.3 is 0 Å². The summed E-state index contributed by atoms with van der Waals surface area (Å²) in [6.07, 6.45) is 1.08. The smallest absolute Gasteiger partial charge is 0.241 e. The van der Waals surface area contributed by atoms with E-state index in [0.29, 0.717) is 16.3 Å². The van der Waals surface area contributed by atoms with Crippen LogP contribution in [0.4, 0.5) is 5.69 Å². The lowest BCUT2D eigenvalue weighted by Gasteiger charge is -2.26. The van der Waals surface area contributed by atoms with Gasteiger partial charge in [0.25, 0.3) is 0 Å². The first-order chi connectivity index (χ1) is 14.6. The van der Waals surface area contributed by atoms with E-state index in [4.69, 9.17) is 11.6 Å². The number of nitrogens with one attached hydrogen (secondary N) is 1. The molecule has 3 aromatic rings. The molecule has 1 atom stereocenters. The molecule has 162 valence electrons. The third-order valence-corrected chi connectivity index (χ3v) is 6.34. The first kappa shape index (κ1) is 22.8. The monoisotopic (exact) mass is 456 g/mol. The van der Waals surface area contributed by atoms with E-state index in [0.717, 1.165) is 27.3 Å². The summed E-state index contributed by atoms with van der Waals surface area (Å²) >= 11 is 6.08. The van der Waals surface area contributed by atoms with Crippen molar-refractivity contribution >= 4 is 33.2 Å². The summed E-state index contributed by atoms with van der Waals surface area (Å²) in [5, 5.41) is 3.40. The van der Waals surface area contributed by atoms with E-state index in [1.165, 1.54) is 0 Å². The molecule has 3 rings (SSSR count). The van der Waals surface area contributed by atoms with Crippen LogP contribution in [0.5, 0.6) is 0 Å². The molecule has 31 heavy (non-hydrogen) atoms. The molecule has 7 heteroatoms. The fraction of sp³-hybridized carbons (Fsp3) is 0.208. The summed E-state index contributed by atoms with van der Waals surface area (Å²) in [6.45, 7) is 3.42. The number of anilines is 1. The Bertz CT molecular complexity index is 1160. The van der Waals surface area contributed by atoms with Crippen LogP contribution in [0.2, 0.25) is 5.02 Å². The molecule has 0 radical (unpaired) electrons. The predicted molar refractivity (Wildman–Crippen MR) is 126 cm³/mol. The second-order valence-electron chi connectivity index (χ2n) is 7.52. The van der Waals surface area contributed by atoms with Crippen molar-refractivity contribution in [1.29, 1.82) is 0 Å². The second-order valence-corrected chi connectivity index (χ2v) is 9.87. The molecular weight excluding hydrogens is 432 g/mol. The molecule has 0 heterocycles. The molecule has 0 aromatic heterocycles. The molecule has 0 fully saturated rings. The maximum absolute atomic E-state index is 13.0. The van der Waals surface area contributed by atoms with Crippen LogP contribution in [0.25, 0.3) is 0 Å². The summed E-state index contributed by atoms with van der Waals surface area (Å²) in [5.41, 5.74) is 4.03. The quantitative estimate of drug-likeness (QED) is 0.563. The SMILES string of the molecule is Cc1ccc([C@H](NC(=O)CN(c2cc(Cl)ccc2C)S(C)(=O)=O)c2ccccc2)cc1. The molecule has 0 aliphatic heterocycles. The molecule has 5 nitrogen and oxygen atoms in total. The van der Waals surface area contributed by atoms with Gasteiger partial charge in [-0.15, -0.1) is 0 Å². The van der Waals surface area contributed by atoms with Gasteiger partial charge in [0, 0.05) is 5.02 Å². The average Bonchev–Trinajstić information content (AvgIpc) is 2.73. The van der Waals surface area contributed by atoms with E-state index >= 15 is 0 Å². The van der Waals surface area contributed by atoms with E-state index in [1.54, 1.807) is 25.1 Å². The number of benzene rings is 3. The standard InChI is InChI=1S/C24H25ClN2O3S/c1-17-9-12-20(13-10-17)24(19-7-5-4-6-8-19)26-23(28)16-27(31(3,29)30)22-15-21(25)14-11-18(22)2/h4-15,24H,16H2,1-3H3,(H,26,28)/t24-/m1/s1. The lowest BCUT2D eigenvalue weighted by molar-refractivity contribution is -0.120. The number of sulfonamides is 1. The van der Waals surface area contributed by atoms with Crippen LogP contribution >= 0.6 is 11.6 Å². The molecule has 0 spiro atoms. The topological polar surface area (TPSA) is 66.5 Å². The summed E-state index contributed by atoms with van der Waals surface area (Å²) < 4.78 is 26.1. The van der Waals surface area contributed by atoms with Crippen molar-refractivity contribution in [3.05, 3.63) is 100 Å². The Balaban J connectivity index is 1.91. The zero-order valence-corrected chi connectivity index (χ0v) is 19.2. The van der Waals surface area contributed by atoms with Gasteiger partial charge in [-0.05, 0) is 42.7 Å². The zero-order valence-electron chi connectivity index (χ0n) is 17.7. The number of nitrogens with zero attached hydrogens (tertiary/aromatic N) is 1. The average molecular weight is 457 g/mol. The molecule has 1 N–H and O–H groups in total. The van der Waals surface area contributed by atoms with E-state index in [1.807, 2.05) is 61.5 Å². The van der Waals surface area contributed by atoms with Crippen molar-refractivity contribution in [2.45, 2.75) is 19.9 Å². The lowest BCUT2D eigenvalue weighted by Crippen LogP contribution is -2.42. The van der Waals surface area contributed by atoms with Gasteiger partial charge in [0.15, 0.2) is 0 Å². The van der Waals surface area contributed by atoms with Crippen molar-refractivity contribution in [3.63, 3.8) is 0 Å². The highest BCUT2D eigenvalue weighted by Gasteiger charge is 2.25. The Labute approximate surface area is 188 Å². The van der Waals surface area contributed by atoms with Gasteiger partial charge < -0.3 is 5.32 Å². The van der Waals surface area contributed by atoms with Crippen molar-refractivity contribution in [1.82, 2.24) is 5.32 Å². The Morgan fingerprint density at radius 2 is 1.58 bits per heavy atom. The fourth-order valence-corrected chi connectivity index (χ4v) is 4.40. The number of aryl methyl sites for hydroxylation is 2. The first-order valence-corrected chi connectivity index (χ1v) is 12.0. The molecule has 0 aliphatic rings. The van der Waals surface area contributed by atoms with Crippen molar-refractivity contribution in [3.8, 4) is 0 Å².